The van der Waals surface area contributed by atoms with Crippen LogP contribution in [0.3, 0.4) is 0 Å². The molecule has 0 aliphatic carbocycles. The first-order valence-corrected chi connectivity index (χ1v) is 12.3. The molecule has 1 amide bonds. The molecule has 37 heavy (non-hydrogen) atoms. The number of pyridine rings is 1. The van der Waals surface area contributed by atoms with E-state index >= 15 is 0 Å². The largest absolute Gasteiger partial charge is 0.507 e. The Bertz CT molecular complexity index is 1450. The lowest BCUT2D eigenvalue weighted by Crippen LogP contribution is -2.29. The van der Waals surface area contributed by atoms with Gasteiger partial charge in [0.15, 0.2) is 16.6 Å². The van der Waals surface area contributed by atoms with Gasteiger partial charge in [0, 0.05) is 18.0 Å². The number of rotatable bonds is 7. The number of aliphatic hydroxyl groups excluding tert-OH is 1. The third kappa shape index (κ3) is 4.72. The van der Waals surface area contributed by atoms with Gasteiger partial charge >= 0.3 is 11.9 Å². The molecule has 0 saturated carbocycles. The van der Waals surface area contributed by atoms with Gasteiger partial charge < -0.3 is 19.7 Å². The molecule has 1 unspecified atom stereocenters. The Morgan fingerprint density at radius 3 is 2.65 bits per heavy atom. The summed E-state index contributed by atoms with van der Waals surface area (Å²) in [6.45, 7) is 5.08. The van der Waals surface area contributed by atoms with Crippen molar-refractivity contribution in [3.05, 3.63) is 81.1 Å². The van der Waals surface area contributed by atoms with Gasteiger partial charge in [-0.3, -0.25) is 19.5 Å². The molecule has 2 N–H and O–H groups in total. The number of aliphatic hydroxyl groups is 1. The number of methoxy groups -OCH3 is 1. The minimum atomic E-state index is -1.17. The zero-order valence-corrected chi connectivity index (χ0v) is 22.0. The fourth-order valence-electron chi connectivity index (χ4n) is 3.79. The number of anilines is 1. The maximum absolute atomic E-state index is 13.4. The fraction of sp³-hybridized carbons (Fsp3) is 0.160. The van der Waals surface area contributed by atoms with Crippen molar-refractivity contribution in [2.45, 2.75) is 13.0 Å². The molecule has 12 heteroatoms. The van der Waals surface area contributed by atoms with Crippen molar-refractivity contribution in [1.82, 2.24) is 9.97 Å². The summed E-state index contributed by atoms with van der Waals surface area (Å²) in [6.07, 6.45) is 4.29. The van der Waals surface area contributed by atoms with Crippen molar-refractivity contribution < 1.29 is 34.1 Å². The monoisotopic (exact) mass is 585 g/mol. The number of carbonyl (C=O) groups excluding carboxylic acids is 3. The lowest BCUT2D eigenvalue weighted by molar-refractivity contribution is -0.132. The van der Waals surface area contributed by atoms with Crippen LogP contribution in [0.5, 0.6) is 11.5 Å². The molecule has 1 aliphatic rings. The highest BCUT2D eigenvalue weighted by Gasteiger charge is 2.48. The summed E-state index contributed by atoms with van der Waals surface area (Å²) >= 11 is 4.14. The maximum Gasteiger partial charge on any atom is 0.350 e. The summed E-state index contributed by atoms with van der Waals surface area (Å²) in [5, 5.41) is 21.5. The zero-order chi connectivity index (χ0) is 26.9. The minimum absolute atomic E-state index is 0.0106. The van der Waals surface area contributed by atoms with E-state index in [0.717, 1.165) is 16.2 Å². The number of aromatic hydroxyl groups is 1. The van der Waals surface area contributed by atoms with Gasteiger partial charge in [-0.05, 0) is 52.7 Å². The van der Waals surface area contributed by atoms with Gasteiger partial charge in [0.05, 0.1) is 28.9 Å². The number of aryl methyl sites for hydroxylation is 1. The minimum Gasteiger partial charge on any atom is -0.507 e. The van der Waals surface area contributed by atoms with Gasteiger partial charge in [0.1, 0.15) is 17.2 Å². The second-order valence-electron chi connectivity index (χ2n) is 7.76. The van der Waals surface area contributed by atoms with E-state index in [1.807, 2.05) is 0 Å². The SMILES string of the molecule is C=CCOC(=O)c1sc(N2C(=O)C(=O)C(=C(O)c3ccncc3)C2c2cc(Br)c(O)c(OC)c2)nc1C. The third-order valence-electron chi connectivity index (χ3n) is 5.49. The van der Waals surface area contributed by atoms with Crippen molar-refractivity contribution >= 4 is 55.8 Å². The molecule has 3 aromatic rings. The number of halogens is 1. The van der Waals surface area contributed by atoms with Crippen LogP contribution in [-0.4, -0.2) is 51.6 Å². The molecule has 4 rings (SSSR count). The average molecular weight is 586 g/mol. The number of hydrogen-bond acceptors (Lipinski definition) is 10. The number of carbonyl (C=O) groups is 3. The van der Waals surface area contributed by atoms with Gasteiger partial charge in [-0.1, -0.05) is 24.0 Å². The summed E-state index contributed by atoms with van der Waals surface area (Å²) in [5.74, 6) is -3.09. The highest BCUT2D eigenvalue weighted by atomic mass is 79.9. The Kier molecular flexibility index (Phi) is 7.41. The molecule has 0 radical (unpaired) electrons. The summed E-state index contributed by atoms with van der Waals surface area (Å²) in [4.78, 5) is 48.7. The van der Waals surface area contributed by atoms with Gasteiger partial charge in [0.2, 0.25) is 0 Å². The number of hydrogen-bond donors (Lipinski definition) is 2. The van der Waals surface area contributed by atoms with E-state index in [2.05, 4.69) is 32.5 Å². The Balaban J connectivity index is 1.94. The lowest BCUT2D eigenvalue weighted by atomic mass is 9.95. The standard InChI is InChI=1S/C25H20BrN3O7S/c1-4-9-36-24(34)22-12(2)28-25(37-22)29-18(14-10-15(26)20(31)16(11-14)35-3)17(21(32)23(29)33)19(30)13-5-7-27-8-6-13/h4-8,10-11,18,30-31H,1,9H2,2-3H3. The molecule has 0 spiro atoms. The van der Waals surface area contributed by atoms with Crippen molar-refractivity contribution in [2.24, 2.45) is 0 Å². The van der Waals surface area contributed by atoms with Crippen LogP contribution in [0.25, 0.3) is 5.76 Å². The summed E-state index contributed by atoms with van der Waals surface area (Å²) in [5.41, 5.74) is 0.694. The predicted molar refractivity (Wildman–Crippen MR) is 139 cm³/mol. The summed E-state index contributed by atoms with van der Waals surface area (Å²) in [7, 11) is 1.35. The first kappa shape index (κ1) is 26.0. The van der Waals surface area contributed by atoms with E-state index in [0.29, 0.717) is 11.3 Å². The molecule has 190 valence electrons. The van der Waals surface area contributed by atoms with E-state index < -0.39 is 29.5 Å². The van der Waals surface area contributed by atoms with Crippen molar-refractivity contribution in [3.8, 4) is 11.5 Å². The first-order valence-electron chi connectivity index (χ1n) is 10.7. The third-order valence-corrected chi connectivity index (χ3v) is 7.23. The Labute approximate surface area is 223 Å². The van der Waals surface area contributed by atoms with Gasteiger partial charge in [-0.15, -0.1) is 0 Å². The maximum atomic E-state index is 13.4. The molecule has 1 saturated heterocycles. The number of benzene rings is 1. The van der Waals surface area contributed by atoms with E-state index in [1.165, 1.54) is 49.8 Å². The summed E-state index contributed by atoms with van der Waals surface area (Å²) < 4.78 is 10.6. The molecule has 10 nitrogen and oxygen atoms in total. The number of nitrogens with zero attached hydrogens (tertiary/aromatic N) is 3. The first-order chi connectivity index (χ1) is 17.7. The van der Waals surface area contributed by atoms with Crippen molar-refractivity contribution in [1.29, 1.82) is 0 Å². The zero-order valence-electron chi connectivity index (χ0n) is 19.6. The normalized spacial score (nSPS) is 16.6. The van der Waals surface area contributed by atoms with Crippen LogP contribution in [0.1, 0.15) is 32.5 Å². The summed E-state index contributed by atoms with van der Waals surface area (Å²) in [6, 6.07) is 4.77. The van der Waals surface area contributed by atoms with Gasteiger partial charge in [-0.2, -0.15) is 0 Å². The van der Waals surface area contributed by atoms with Crippen LogP contribution in [-0.2, 0) is 14.3 Å². The lowest BCUT2D eigenvalue weighted by Gasteiger charge is -2.24. The molecule has 1 atom stereocenters. The topological polar surface area (TPSA) is 139 Å². The molecule has 2 aromatic heterocycles. The van der Waals surface area contributed by atoms with E-state index in [1.54, 1.807) is 6.92 Å². The number of phenolic OH excluding ortho intramolecular Hbond substituents is 1. The van der Waals surface area contributed by atoms with Crippen molar-refractivity contribution in [2.75, 3.05) is 18.6 Å². The van der Waals surface area contributed by atoms with Crippen LogP contribution in [0.2, 0.25) is 0 Å². The van der Waals surface area contributed by atoms with Crippen LogP contribution < -0.4 is 9.64 Å². The Morgan fingerprint density at radius 2 is 2.00 bits per heavy atom. The van der Waals surface area contributed by atoms with E-state index in [-0.39, 0.29) is 43.7 Å². The molecular weight excluding hydrogens is 566 g/mol. The van der Waals surface area contributed by atoms with Crippen LogP contribution >= 0.6 is 27.3 Å². The second kappa shape index (κ2) is 10.5. The number of phenols is 1. The van der Waals surface area contributed by atoms with Gasteiger partial charge in [0.25, 0.3) is 5.78 Å². The molecule has 1 aromatic carbocycles. The molecular formula is C25H20BrN3O7S. The molecule has 1 aliphatic heterocycles. The number of Topliss-reactive ketones (excluding diaryl/α,β-unsaturated/α-hetero) is 1. The number of thiazole rings is 1. The highest BCUT2D eigenvalue weighted by molar-refractivity contribution is 9.10. The number of ketones is 1. The van der Waals surface area contributed by atoms with Crippen molar-refractivity contribution in [3.63, 3.8) is 0 Å². The van der Waals surface area contributed by atoms with Gasteiger partial charge in [-0.25, -0.2) is 9.78 Å². The van der Waals surface area contributed by atoms with E-state index in [4.69, 9.17) is 9.47 Å². The predicted octanol–water partition coefficient (Wildman–Crippen LogP) is 4.29. The second-order valence-corrected chi connectivity index (χ2v) is 9.59. The number of amides is 1. The Hall–Kier alpha value is -4.03. The molecule has 1 fully saturated rings. The highest BCUT2D eigenvalue weighted by Crippen LogP contribution is 2.47. The number of aromatic nitrogens is 2. The Morgan fingerprint density at radius 1 is 1.30 bits per heavy atom. The smallest absolute Gasteiger partial charge is 0.350 e. The van der Waals surface area contributed by atoms with Crippen LogP contribution in [0, 0.1) is 6.92 Å². The molecule has 3 heterocycles. The number of esters is 1. The average Bonchev–Trinajstić information content (AvgIpc) is 3.40. The van der Waals surface area contributed by atoms with Crippen LogP contribution in [0.15, 0.2) is 59.4 Å². The number of ether oxygens (including phenoxy) is 2. The fourth-order valence-corrected chi connectivity index (χ4v) is 5.24. The van der Waals surface area contributed by atoms with Crippen LogP contribution in [0.4, 0.5) is 5.13 Å². The van der Waals surface area contributed by atoms with E-state index in [9.17, 15) is 24.6 Å². The molecule has 0 bridgehead atoms. The quantitative estimate of drug-likeness (QED) is 0.136.